The van der Waals surface area contributed by atoms with Gasteiger partial charge in [-0.05, 0) is 29.8 Å². The Bertz CT molecular complexity index is 1470. The zero-order valence-corrected chi connectivity index (χ0v) is 19.1. The highest BCUT2D eigenvalue weighted by molar-refractivity contribution is 8.13. The molecule has 1 aliphatic carbocycles. The zero-order chi connectivity index (χ0) is 23.8. The Kier molecular flexibility index (Phi) is 6.21. The van der Waals surface area contributed by atoms with Crippen LogP contribution in [0.15, 0.2) is 53.8 Å². The van der Waals surface area contributed by atoms with Gasteiger partial charge < -0.3 is 4.42 Å². The molecule has 2 aromatic carbocycles. The third-order valence-corrected chi connectivity index (χ3v) is 7.40. The van der Waals surface area contributed by atoms with E-state index in [1.54, 1.807) is 6.07 Å². The van der Waals surface area contributed by atoms with Crippen molar-refractivity contribution in [1.82, 2.24) is 9.29 Å². The van der Waals surface area contributed by atoms with Gasteiger partial charge >= 0.3 is 5.76 Å². The van der Waals surface area contributed by atoms with Crippen LogP contribution in [0.2, 0.25) is 0 Å². The average molecular weight is 491 g/mol. The highest BCUT2D eigenvalue weighted by Crippen LogP contribution is 2.26. The third-order valence-electron chi connectivity index (χ3n) is 5.33. The monoisotopic (exact) mass is 490 g/mol. The summed E-state index contributed by atoms with van der Waals surface area (Å²) in [5.74, 6) is -1.72. The van der Waals surface area contributed by atoms with E-state index < -0.39 is 26.5 Å². The quantitative estimate of drug-likeness (QED) is 0.333. The zero-order valence-electron chi connectivity index (χ0n) is 17.5. The lowest BCUT2D eigenvalue weighted by molar-refractivity contribution is -0.118. The highest BCUT2D eigenvalue weighted by Gasteiger charge is 2.25. The lowest BCUT2D eigenvalue weighted by atomic mass is 9.87. The van der Waals surface area contributed by atoms with Crippen molar-refractivity contribution in [2.45, 2.75) is 30.7 Å². The molecular formula is C21H19FN4O5S2. The molecule has 0 atom stereocenters. The van der Waals surface area contributed by atoms with Gasteiger partial charge in [-0.1, -0.05) is 18.2 Å². The molecule has 9 nitrogen and oxygen atoms in total. The second-order valence-electron chi connectivity index (χ2n) is 7.33. The number of nitrogens with zero attached hydrogens (tertiary/aromatic N) is 3. The van der Waals surface area contributed by atoms with Crippen LogP contribution in [-0.2, 0) is 34.2 Å². The number of benzene rings is 2. The largest absolute Gasteiger partial charge is 0.420 e. The van der Waals surface area contributed by atoms with E-state index in [9.17, 15) is 22.4 Å². The molecule has 0 saturated carbocycles. The molecule has 0 radical (unpaired) electrons. The van der Waals surface area contributed by atoms with Crippen LogP contribution in [0, 0.1) is 5.82 Å². The number of sulfonamides is 1. The average Bonchev–Trinajstić information content (AvgIpc) is 3.07. The summed E-state index contributed by atoms with van der Waals surface area (Å²) in [5.41, 5.74) is 2.66. The second-order valence-corrected chi connectivity index (χ2v) is 9.81. The predicted octanol–water partition coefficient (Wildman–Crippen LogP) is 2.45. The normalized spacial score (nSPS) is 14.4. The molecule has 0 spiro atoms. The summed E-state index contributed by atoms with van der Waals surface area (Å²) >= 11 is 0.676. The van der Waals surface area contributed by atoms with Crippen LogP contribution in [-0.4, -0.2) is 37.7 Å². The fraction of sp³-hybridized carbons (Fsp3) is 0.238. The predicted molar refractivity (Wildman–Crippen MR) is 124 cm³/mol. The molecule has 0 bridgehead atoms. The second kappa shape index (κ2) is 8.94. The standard InChI is InChI=1S/C21H19FN4O5S2/c1-23-20(32-24-2)25-33(29,30)19-10-18-17(9-16(19)22)26(21(28)31-18)11-13-5-3-4-12-6-7-14(27)8-15(12)13/h3-5,9-10H,2,6-8,11H2,1H3,(H,23,25). The third kappa shape index (κ3) is 4.48. The van der Waals surface area contributed by atoms with Crippen molar-refractivity contribution >= 4 is 50.7 Å². The van der Waals surface area contributed by atoms with E-state index >= 15 is 0 Å². The summed E-state index contributed by atoms with van der Waals surface area (Å²) in [7, 11) is -3.03. The fourth-order valence-electron chi connectivity index (χ4n) is 3.78. The van der Waals surface area contributed by atoms with Gasteiger partial charge in [-0.25, -0.2) is 22.0 Å². The number of nitrogens with one attached hydrogen (secondary N) is 1. The Morgan fingerprint density at radius 1 is 1.30 bits per heavy atom. The van der Waals surface area contributed by atoms with Gasteiger partial charge in [0.15, 0.2) is 10.8 Å². The van der Waals surface area contributed by atoms with Crippen molar-refractivity contribution in [2.75, 3.05) is 7.05 Å². The molecular weight excluding hydrogens is 471 g/mol. The molecule has 0 unspecified atom stereocenters. The Labute approximate surface area is 192 Å². The number of aryl methyl sites for hydroxylation is 1. The van der Waals surface area contributed by atoms with Crippen molar-refractivity contribution in [3.05, 3.63) is 63.4 Å². The van der Waals surface area contributed by atoms with Crippen LogP contribution in [0.5, 0.6) is 0 Å². The van der Waals surface area contributed by atoms with E-state index in [1.807, 2.05) is 12.1 Å². The van der Waals surface area contributed by atoms with E-state index in [1.165, 1.54) is 11.6 Å². The number of Topliss-reactive ketones (excluding diaryl/α,β-unsaturated/α-hetero) is 1. The first-order valence-electron chi connectivity index (χ1n) is 9.80. The van der Waals surface area contributed by atoms with Gasteiger partial charge in [0.1, 0.15) is 16.5 Å². The molecule has 3 aromatic rings. The van der Waals surface area contributed by atoms with Gasteiger partial charge in [-0.3, -0.25) is 19.1 Å². The van der Waals surface area contributed by atoms with E-state index in [-0.39, 0.29) is 35.0 Å². The Morgan fingerprint density at radius 2 is 2.09 bits per heavy atom. The summed E-state index contributed by atoms with van der Waals surface area (Å²) < 4.78 is 52.2. The number of rotatable bonds is 5. The first-order valence-corrected chi connectivity index (χ1v) is 12.1. The van der Waals surface area contributed by atoms with Gasteiger partial charge in [0.25, 0.3) is 10.0 Å². The minimum absolute atomic E-state index is 0.0559. The molecule has 12 heteroatoms. The van der Waals surface area contributed by atoms with Crippen LogP contribution < -0.4 is 10.5 Å². The maximum atomic E-state index is 14.9. The molecule has 1 heterocycles. The molecule has 0 saturated heterocycles. The van der Waals surface area contributed by atoms with Crippen molar-refractivity contribution in [3.63, 3.8) is 0 Å². The van der Waals surface area contributed by atoms with Gasteiger partial charge in [0, 0.05) is 44.0 Å². The lowest BCUT2D eigenvalue weighted by Gasteiger charge is -2.18. The number of ketones is 1. The number of halogens is 1. The Hall–Kier alpha value is -3.25. The molecule has 4 rings (SSSR count). The summed E-state index contributed by atoms with van der Waals surface area (Å²) in [6, 6.07) is 7.49. The number of aromatic nitrogens is 1. The first kappa shape index (κ1) is 22.9. The minimum Gasteiger partial charge on any atom is -0.408 e. The van der Waals surface area contributed by atoms with Gasteiger partial charge in [-0.2, -0.15) is 0 Å². The van der Waals surface area contributed by atoms with Crippen LogP contribution in [0.4, 0.5) is 4.39 Å². The van der Waals surface area contributed by atoms with E-state index in [0.29, 0.717) is 24.8 Å². The summed E-state index contributed by atoms with van der Waals surface area (Å²) in [4.78, 5) is 27.5. The van der Waals surface area contributed by atoms with Crippen LogP contribution >= 0.6 is 11.9 Å². The maximum Gasteiger partial charge on any atom is 0.420 e. The number of fused-ring (bicyclic) bond motifs is 2. The van der Waals surface area contributed by atoms with Crippen LogP contribution in [0.25, 0.3) is 11.1 Å². The number of aliphatic imine (C=N–C) groups is 1. The fourth-order valence-corrected chi connectivity index (χ4v) is 5.47. The van der Waals surface area contributed by atoms with Crippen LogP contribution in [0.1, 0.15) is 23.1 Å². The van der Waals surface area contributed by atoms with Gasteiger partial charge in [0.2, 0.25) is 0 Å². The minimum atomic E-state index is -4.37. The highest BCUT2D eigenvalue weighted by atomic mass is 32.2. The van der Waals surface area contributed by atoms with Gasteiger partial charge in [0.05, 0.1) is 12.1 Å². The van der Waals surface area contributed by atoms with Gasteiger partial charge in [-0.15, -0.1) is 0 Å². The number of hydrogen-bond donors (Lipinski definition) is 1. The number of carbonyl (C=O) groups excluding carboxylic acids is 1. The number of carbonyl (C=O) groups is 1. The summed E-state index contributed by atoms with van der Waals surface area (Å²) in [5, 5.41) is -0.105. The van der Waals surface area contributed by atoms with Crippen molar-refractivity contribution in [1.29, 1.82) is 0 Å². The molecule has 33 heavy (non-hydrogen) atoms. The van der Waals surface area contributed by atoms with Crippen molar-refractivity contribution in [3.8, 4) is 0 Å². The SMILES string of the molecule is C=NS/C(=N\C)NS(=O)(=O)c1cc2oc(=O)n(Cc3cccc4c3CC(=O)CC4)c2cc1F. The molecule has 0 amide bonds. The Balaban J connectivity index is 1.75. The number of hydrogen-bond acceptors (Lipinski definition) is 8. The molecule has 1 aliphatic rings. The van der Waals surface area contributed by atoms with E-state index in [2.05, 4.69) is 20.8 Å². The topological polar surface area (TPSA) is 123 Å². The molecule has 1 N–H and O–H groups in total. The lowest BCUT2D eigenvalue weighted by Crippen LogP contribution is -2.29. The summed E-state index contributed by atoms with van der Waals surface area (Å²) in [6.45, 7) is 3.30. The van der Waals surface area contributed by atoms with Crippen molar-refractivity contribution < 1.29 is 22.0 Å². The summed E-state index contributed by atoms with van der Waals surface area (Å²) in [6.07, 6.45) is 1.39. The number of oxazole rings is 1. The molecule has 0 aliphatic heterocycles. The number of amidine groups is 1. The first-order chi connectivity index (χ1) is 15.7. The van der Waals surface area contributed by atoms with E-state index in [0.717, 1.165) is 28.8 Å². The maximum absolute atomic E-state index is 14.9. The van der Waals surface area contributed by atoms with E-state index in [4.69, 9.17) is 4.42 Å². The Morgan fingerprint density at radius 3 is 2.82 bits per heavy atom. The molecule has 0 fully saturated rings. The van der Waals surface area contributed by atoms with Crippen molar-refractivity contribution in [2.24, 2.45) is 9.39 Å². The molecule has 172 valence electrons. The molecule has 1 aromatic heterocycles. The smallest absolute Gasteiger partial charge is 0.408 e. The van der Waals surface area contributed by atoms with Crippen LogP contribution in [0.3, 0.4) is 0 Å².